The molecule has 6 nitrogen and oxygen atoms in total. The van der Waals surface area contributed by atoms with Crippen LogP contribution < -0.4 is 0 Å². The van der Waals surface area contributed by atoms with Crippen LogP contribution in [0.3, 0.4) is 0 Å². The normalized spacial score (nSPS) is 11.5. The summed E-state index contributed by atoms with van der Waals surface area (Å²) in [6, 6.07) is 10.7. The summed E-state index contributed by atoms with van der Waals surface area (Å²) in [7, 11) is 0. The van der Waals surface area contributed by atoms with Crippen molar-refractivity contribution >= 4 is 45.3 Å². The van der Waals surface area contributed by atoms with Gasteiger partial charge in [-0.1, -0.05) is 23.2 Å². The van der Waals surface area contributed by atoms with Gasteiger partial charge in [0.05, 0.1) is 0 Å². The van der Waals surface area contributed by atoms with Crippen LogP contribution in [0.25, 0.3) is 22.1 Å². The lowest BCUT2D eigenvalue weighted by Gasteiger charge is -2.01. The summed E-state index contributed by atoms with van der Waals surface area (Å²) in [5, 5.41) is 17.5. The summed E-state index contributed by atoms with van der Waals surface area (Å²) < 4.78 is 0. The molecule has 98 valence electrons. The van der Waals surface area contributed by atoms with Crippen molar-refractivity contribution in [3.8, 4) is 0 Å². The molecule has 4 aromatic rings. The first-order valence-corrected chi connectivity index (χ1v) is 6.50. The Labute approximate surface area is 122 Å². The number of fused-ring (bicyclic) bond motifs is 2. The highest BCUT2D eigenvalue weighted by atomic mass is 35.5. The molecule has 0 unspecified atom stereocenters. The van der Waals surface area contributed by atoms with E-state index in [-0.39, 0.29) is 0 Å². The SMILES string of the molecule is Clc1ccc2c(c1)nnn2-n1nnc2cc(Cl)ccc21. The van der Waals surface area contributed by atoms with Crippen LogP contribution in [0.15, 0.2) is 36.4 Å². The Morgan fingerprint density at radius 1 is 0.700 bits per heavy atom. The van der Waals surface area contributed by atoms with E-state index in [1.165, 1.54) is 0 Å². The fourth-order valence-electron chi connectivity index (χ4n) is 2.05. The monoisotopic (exact) mass is 304 g/mol. The van der Waals surface area contributed by atoms with Gasteiger partial charge in [0.15, 0.2) is 0 Å². The van der Waals surface area contributed by atoms with Crippen LogP contribution in [0.5, 0.6) is 0 Å². The second-order valence-electron chi connectivity index (χ2n) is 4.22. The minimum absolute atomic E-state index is 0.611. The molecule has 0 aliphatic rings. The summed E-state index contributed by atoms with van der Waals surface area (Å²) in [5.41, 5.74) is 2.96. The number of benzene rings is 2. The van der Waals surface area contributed by atoms with Gasteiger partial charge in [-0.3, -0.25) is 0 Å². The summed E-state index contributed by atoms with van der Waals surface area (Å²) in [4.78, 5) is 3.13. The molecule has 0 N–H and O–H groups in total. The molecule has 4 rings (SSSR count). The second-order valence-corrected chi connectivity index (χ2v) is 5.10. The van der Waals surface area contributed by atoms with E-state index in [1.54, 1.807) is 33.8 Å². The molecule has 0 aliphatic heterocycles. The Bertz CT molecular complexity index is 864. The Kier molecular flexibility index (Phi) is 2.42. The topological polar surface area (TPSA) is 61.4 Å². The third kappa shape index (κ3) is 1.65. The average Bonchev–Trinajstić information content (AvgIpc) is 3.01. The highest BCUT2D eigenvalue weighted by Crippen LogP contribution is 2.20. The molecule has 2 aromatic heterocycles. The maximum atomic E-state index is 5.94. The standard InChI is InChI=1S/C12H6Cl2N6/c13-7-1-3-11-9(5-7)15-17-19(11)20-12-4-2-8(14)6-10(12)16-18-20/h1-6H. The van der Waals surface area contributed by atoms with Crippen molar-refractivity contribution in [1.29, 1.82) is 0 Å². The summed E-state index contributed by atoms with van der Waals surface area (Å²) >= 11 is 11.9. The minimum atomic E-state index is 0.611. The van der Waals surface area contributed by atoms with E-state index >= 15 is 0 Å². The van der Waals surface area contributed by atoms with Crippen LogP contribution in [0.4, 0.5) is 0 Å². The third-order valence-corrected chi connectivity index (χ3v) is 3.43. The minimum Gasteiger partial charge on any atom is -0.128 e. The Hall–Kier alpha value is -2.18. The van der Waals surface area contributed by atoms with Crippen LogP contribution in [0.2, 0.25) is 10.0 Å². The molecule has 0 fully saturated rings. The smallest absolute Gasteiger partial charge is 0.117 e. The van der Waals surface area contributed by atoms with Gasteiger partial charge in [0.2, 0.25) is 0 Å². The molecule has 0 atom stereocenters. The Morgan fingerprint density at radius 2 is 1.15 bits per heavy atom. The van der Waals surface area contributed by atoms with Crippen molar-refractivity contribution in [3.63, 3.8) is 0 Å². The van der Waals surface area contributed by atoms with Crippen LogP contribution in [0, 0.1) is 0 Å². The third-order valence-electron chi connectivity index (χ3n) is 2.96. The van der Waals surface area contributed by atoms with E-state index in [4.69, 9.17) is 23.2 Å². The fraction of sp³-hybridized carbons (Fsp3) is 0. The van der Waals surface area contributed by atoms with Crippen molar-refractivity contribution in [2.75, 3.05) is 0 Å². The van der Waals surface area contributed by atoms with Crippen molar-refractivity contribution in [1.82, 2.24) is 30.2 Å². The first kappa shape index (κ1) is 11.6. The van der Waals surface area contributed by atoms with E-state index < -0.39 is 0 Å². The number of nitrogens with zero attached hydrogens (tertiary/aromatic N) is 6. The quantitative estimate of drug-likeness (QED) is 0.542. The number of rotatable bonds is 1. The molecule has 2 aromatic carbocycles. The maximum absolute atomic E-state index is 5.94. The zero-order valence-electron chi connectivity index (χ0n) is 9.90. The van der Waals surface area contributed by atoms with E-state index in [1.807, 2.05) is 12.1 Å². The molecule has 0 bridgehead atoms. The molecule has 0 saturated carbocycles. The first-order valence-electron chi connectivity index (χ1n) is 5.75. The van der Waals surface area contributed by atoms with Gasteiger partial charge in [-0.2, -0.15) is 0 Å². The maximum Gasteiger partial charge on any atom is 0.117 e. The molecular weight excluding hydrogens is 299 g/mol. The summed E-state index contributed by atoms with van der Waals surface area (Å²) in [6.07, 6.45) is 0. The number of halogens is 2. The predicted molar refractivity (Wildman–Crippen MR) is 75.9 cm³/mol. The zero-order chi connectivity index (χ0) is 13.7. The Balaban J connectivity index is 2.01. The number of hydrogen-bond acceptors (Lipinski definition) is 4. The van der Waals surface area contributed by atoms with Gasteiger partial charge >= 0.3 is 0 Å². The van der Waals surface area contributed by atoms with Gasteiger partial charge in [-0.05, 0) is 46.8 Å². The van der Waals surface area contributed by atoms with Gasteiger partial charge in [0.25, 0.3) is 0 Å². The number of aromatic nitrogens is 6. The summed E-state index contributed by atoms with van der Waals surface area (Å²) in [6.45, 7) is 0. The molecule has 0 spiro atoms. The molecule has 0 saturated heterocycles. The van der Waals surface area contributed by atoms with E-state index in [0.717, 1.165) is 11.0 Å². The lowest BCUT2D eigenvalue weighted by Crippen LogP contribution is -2.12. The highest BCUT2D eigenvalue weighted by Gasteiger charge is 2.11. The lowest BCUT2D eigenvalue weighted by molar-refractivity contribution is 0.505. The van der Waals surface area contributed by atoms with E-state index in [0.29, 0.717) is 21.1 Å². The lowest BCUT2D eigenvalue weighted by atomic mass is 10.3. The van der Waals surface area contributed by atoms with Crippen molar-refractivity contribution < 1.29 is 0 Å². The second kappa shape index (κ2) is 4.16. The van der Waals surface area contributed by atoms with Crippen molar-refractivity contribution in [2.24, 2.45) is 0 Å². The Morgan fingerprint density at radius 3 is 1.60 bits per heavy atom. The fourth-order valence-corrected chi connectivity index (χ4v) is 2.38. The van der Waals surface area contributed by atoms with Crippen LogP contribution in [0.1, 0.15) is 0 Å². The molecule has 0 aliphatic carbocycles. The van der Waals surface area contributed by atoms with Gasteiger partial charge in [0.1, 0.15) is 22.1 Å². The van der Waals surface area contributed by atoms with Gasteiger partial charge in [-0.15, -0.1) is 19.8 Å². The van der Waals surface area contributed by atoms with Crippen molar-refractivity contribution in [2.45, 2.75) is 0 Å². The molecule has 8 heteroatoms. The largest absolute Gasteiger partial charge is 0.128 e. The van der Waals surface area contributed by atoms with Crippen molar-refractivity contribution in [3.05, 3.63) is 46.4 Å². The highest BCUT2D eigenvalue weighted by molar-refractivity contribution is 6.31. The summed E-state index contributed by atoms with van der Waals surface area (Å²) in [5.74, 6) is 0. The van der Waals surface area contributed by atoms with Crippen LogP contribution in [-0.4, -0.2) is 30.2 Å². The zero-order valence-corrected chi connectivity index (χ0v) is 11.4. The number of hydrogen-bond donors (Lipinski definition) is 0. The van der Waals surface area contributed by atoms with Gasteiger partial charge in [-0.25, -0.2) is 0 Å². The van der Waals surface area contributed by atoms with Gasteiger partial charge in [0, 0.05) is 10.0 Å². The van der Waals surface area contributed by atoms with Gasteiger partial charge < -0.3 is 0 Å². The first-order chi connectivity index (χ1) is 9.72. The van der Waals surface area contributed by atoms with Crippen LogP contribution >= 0.6 is 23.2 Å². The average molecular weight is 305 g/mol. The predicted octanol–water partition coefficient (Wildman–Crippen LogP) is 2.79. The molecular formula is C12H6Cl2N6. The molecule has 0 radical (unpaired) electrons. The molecule has 0 amide bonds. The molecule has 2 heterocycles. The van der Waals surface area contributed by atoms with Crippen LogP contribution in [-0.2, 0) is 0 Å². The molecule has 20 heavy (non-hydrogen) atoms. The van der Waals surface area contributed by atoms with E-state index in [2.05, 4.69) is 20.6 Å². The van der Waals surface area contributed by atoms with E-state index in [9.17, 15) is 0 Å².